The van der Waals surface area contributed by atoms with Crippen LogP contribution < -0.4 is 20.9 Å². The predicted octanol–water partition coefficient (Wildman–Crippen LogP) is 5.28. The van der Waals surface area contributed by atoms with E-state index in [-0.39, 0.29) is 17.4 Å². The SMILES string of the molecule is COc1ccc(C2(C(=O)Nc3ccc(C(=O)NO)cc3)CCCCC2)cc1-c1ccccc1NC(C)=O. The number of nitrogens with one attached hydrogen (secondary N) is 3. The van der Waals surface area contributed by atoms with E-state index in [1.54, 1.807) is 36.9 Å². The average molecular weight is 502 g/mol. The standard InChI is InChI=1S/C29H31N3O5/c1-19(33)30-25-9-5-4-8-23(25)24-18-21(12-15-26(24)37-2)29(16-6-3-7-17-29)28(35)31-22-13-10-20(11-14-22)27(34)32-36/h4-5,8-15,18,36H,3,6-7,16-17H2,1-2H3,(H,30,33)(H,31,35)(H,32,34). The van der Waals surface area contributed by atoms with Crippen LogP contribution in [0.4, 0.5) is 11.4 Å². The Morgan fingerprint density at radius 3 is 2.22 bits per heavy atom. The van der Waals surface area contributed by atoms with Crippen LogP contribution in [0.25, 0.3) is 11.1 Å². The number of hydroxylamine groups is 1. The minimum atomic E-state index is -0.747. The zero-order chi connectivity index (χ0) is 26.4. The van der Waals surface area contributed by atoms with Crippen molar-refractivity contribution in [3.05, 3.63) is 77.9 Å². The fourth-order valence-corrected chi connectivity index (χ4v) is 5.06. The van der Waals surface area contributed by atoms with Gasteiger partial charge in [-0.1, -0.05) is 43.5 Å². The molecule has 3 aromatic rings. The molecule has 37 heavy (non-hydrogen) atoms. The fourth-order valence-electron chi connectivity index (χ4n) is 5.06. The third-order valence-electron chi connectivity index (χ3n) is 6.93. The average Bonchev–Trinajstić information content (AvgIpc) is 2.93. The number of methoxy groups -OCH3 is 1. The van der Waals surface area contributed by atoms with Crippen LogP contribution in [0.1, 0.15) is 54.9 Å². The highest BCUT2D eigenvalue weighted by Crippen LogP contribution is 2.44. The summed E-state index contributed by atoms with van der Waals surface area (Å²) in [7, 11) is 1.60. The van der Waals surface area contributed by atoms with Crippen molar-refractivity contribution in [1.82, 2.24) is 5.48 Å². The highest BCUT2D eigenvalue weighted by atomic mass is 16.5. The Balaban J connectivity index is 1.74. The van der Waals surface area contributed by atoms with Crippen molar-refractivity contribution in [2.24, 2.45) is 0 Å². The lowest BCUT2D eigenvalue weighted by atomic mass is 9.68. The second-order valence-electron chi connectivity index (χ2n) is 9.26. The van der Waals surface area contributed by atoms with Crippen LogP contribution in [0.2, 0.25) is 0 Å². The summed E-state index contributed by atoms with van der Waals surface area (Å²) < 4.78 is 5.67. The fraction of sp³-hybridized carbons (Fsp3) is 0.276. The Bertz CT molecular complexity index is 1300. The van der Waals surface area contributed by atoms with Crippen LogP contribution in [0, 0.1) is 0 Å². The van der Waals surface area contributed by atoms with E-state index < -0.39 is 11.3 Å². The van der Waals surface area contributed by atoms with Crippen LogP contribution >= 0.6 is 0 Å². The Kier molecular flexibility index (Phi) is 7.89. The number of amides is 3. The van der Waals surface area contributed by atoms with Gasteiger partial charge in [0.1, 0.15) is 5.75 Å². The van der Waals surface area contributed by atoms with Gasteiger partial charge >= 0.3 is 0 Å². The molecule has 0 saturated heterocycles. The van der Waals surface area contributed by atoms with Gasteiger partial charge < -0.3 is 15.4 Å². The Morgan fingerprint density at radius 1 is 0.865 bits per heavy atom. The molecule has 0 atom stereocenters. The summed E-state index contributed by atoms with van der Waals surface area (Å²) in [5.41, 5.74) is 4.85. The molecule has 3 amide bonds. The van der Waals surface area contributed by atoms with E-state index in [0.717, 1.165) is 36.0 Å². The molecule has 0 radical (unpaired) electrons. The van der Waals surface area contributed by atoms with Crippen molar-refractivity contribution in [1.29, 1.82) is 0 Å². The molecular formula is C29H31N3O5. The van der Waals surface area contributed by atoms with Crippen molar-refractivity contribution in [2.45, 2.75) is 44.4 Å². The summed E-state index contributed by atoms with van der Waals surface area (Å²) in [6, 6.07) is 19.7. The molecule has 3 aromatic carbocycles. The van der Waals surface area contributed by atoms with Crippen molar-refractivity contribution < 1.29 is 24.3 Å². The van der Waals surface area contributed by atoms with Crippen LogP contribution in [-0.4, -0.2) is 30.0 Å². The molecule has 1 saturated carbocycles. The first-order valence-corrected chi connectivity index (χ1v) is 12.3. The van der Waals surface area contributed by atoms with Crippen LogP contribution in [0.15, 0.2) is 66.7 Å². The molecule has 1 aliphatic carbocycles. The maximum atomic E-state index is 13.9. The van der Waals surface area contributed by atoms with Gasteiger partial charge in [0.2, 0.25) is 11.8 Å². The van der Waals surface area contributed by atoms with Gasteiger partial charge in [0.25, 0.3) is 5.91 Å². The third kappa shape index (κ3) is 5.49. The molecule has 1 aliphatic rings. The lowest BCUT2D eigenvalue weighted by molar-refractivity contribution is -0.122. The molecule has 4 rings (SSSR count). The normalized spacial score (nSPS) is 14.4. The van der Waals surface area contributed by atoms with E-state index in [0.29, 0.717) is 30.0 Å². The number of hydrogen-bond donors (Lipinski definition) is 4. The monoisotopic (exact) mass is 501 g/mol. The topological polar surface area (TPSA) is 117 Å². The molecule has 0 heterocycles. The minimum Gasteiger partial charge on any atom is -0.496 e. The summed E-state index contributed by atoms with van der Waals surface area (Å²) in [6.45, 7) is 1.47. The number of hydrogen-bond acceptors (Lipinski definition) is 5. The van der Waals surface area contributed by atoms with Crippen LogP contribution in [0.3, 0.4) is 0 Å². The first kappa shape index (κ1) is 25.9. The molecule has 8 heteroatoms. The molecule has 4 N–H and O–H groups in total. The van der Waals surface area contributed by atoms with E-state index >= 15 is 0 Å². The molecule has 0 unspecified atom stereocenters. The quantitative estimate of drug-likeness (QED) is 0.260. The first-order chi connectivity index (χ1) is 17.9. The molecule has 0 aliphatic heterocycles. The molecule has 0 bridgehead atoms. The first-order valence-electron chi connectivity index (χ1n) is 12.3. The van der Waals surface area contributed by atoms with E-state index in [1.165, 1.54) is 6.92 Å². The Labute approximate surface area is 216 Å². The molecule has 1 fully saturated rings. The Morgan fingerprint density at radius 2 is 1.57 bits per heavy atom. The van der Waals surface area contributed by atoms with Crippen molar-refractivity contribution in [3.8, 4) is 16.9 Å². The minimum absolute atomic E-state index is 0.113. The lowest BCUT2D eigenvalue weighted by Gasteiger charge is -2.37. The highest BCUT2D eigenvalue weighted by Gasteiger charge is 2.41. The van der Waals surface area contributed by atoms with E-state index in [1.807, 2.05) is 42.5 Å². The molecule has 8 nitrogen and oxygen atoms in total. The van der Waals surface area contributed by atoms with Gasteiger partial charge in [0.15, 0.2) is 0 Å². The number of rotatable bonds is 7. The molecule has 192 valence electrons. The number of carbonyl (C=O) groups excluding carboxylic acids is 3. The van der Waals surface area contributed by atoms with Gasteiger partial charge in [-0.15, -0.1) is 0 Å². The molecular weight excluding hydrogens is 470 g/mol. The largest absolute Gasteiger partial charge is 0.496 e. The summed E-state index contributed by atoms with van der Waals surface area (Å²) in [5.74, 6) is -0.261. The highest BCUT2D eigenvalue weighted by molar-refractivity contribution is 6.01. The van der Waals surface area contributed by atoms with Gasteiger partial charge in [-0.3, -0.25) is 19.6 Å². The molecule has 0 aromatic heterocycles. The van der Waals surface area contributed by atoms with E-state index in [4.69, 9.17) is 9.94 Å². The number of ether oxygens (including phenoxy) is 1. The van der Waals surface area contributed by atoms with E-state index in [2.05, 4.69) is 10.6 Å². The zero-order valence-electron chi connectivity index (χ0n) is 21.0. The van der Waals surface area contributed by atoms with Crippen LogP contribution in [-0.2, 0) is 15.0 Å². The van der Waals surface area contributed by atoms with Gasteiger partial charge in [0.05, 0.1) is 12.5 Å². The molecule has 0 spiro atoms. The number of para-hydroxylation sites is 1. The van der Waals surface area contributed by atoms with Crippen LogP contribution in [0.5, 0.6) is 5.75 Å². The summed E-state index contributed by atoms with van der Waals surface area (Å²) in [4.78, 5) is 37.3. The maximum Gasteiger partial charge on any atom is 0.274 e. The van der Waals surface area contributed by atoms with Gasteiger partial charge in [-0.2, -0.15) is 0 Å². The van der Waals surface area contributed by atoms with Crippen molar-refractivity contribution in [3.63, 3.8) is 0 Å². The maximum absolute atomic E-state index is 13.9. The summed E-state index contributed by atoms with van der Waals surface area (Å²) >= 11 is 0. The van der Waals surface area contributed by atoms with Crippen molar-refractivity contribution >= 4 is 29.1 Å². The summed E-state index contributed by atoms with van der Waals surface area (Å²) in [6.07, 6.45) is 4.31. The lowest BCUT2D eigenvalue weighted by Crippen LogP contribution is -2.42. The van der Waals surface area contributed by atoms with Crippen molar-refractivity contribution in [2.75, 3.05) is 17.7 Å². The van der Waals surface area contributed by atoms with E-state index in [9.17, 15) is 14.4 Å². The van der Waals surface area contributed by atoms with Gasteiger partial charge in [-0.25, -0.2) is 5.48 Å². The second kappa shape index (κ2) is 11.3. The predicted molar refractivity (Wildman–Crippen MR) is 142 cm³/mol. The number of benzene rings is 3. The smallest absolute Gasteiger partial charge is 0.274 e. The Hall–Kier alpha value is -4.17. The number of anilines is 2. The zero-order valence-corrected chi connectivity index (χ0v) is 21.0. The number of carbonyl (C=O) groups is 3. The van der Waals surface area contributed by atoms with Gasteiger partial charge in [0, 0.05) is 35.0 Å². The van der Waals surface area contributed by atoms with Gasteiger partial charge in [-0.05, 0) is 60.9 Å². The second-order valence-corrected chi connectivity index (χ2v) is 9.26. The third-order valence-corrected chi connectivity index (χ3v) is 6.93. The summed E-state index contributed by atoms with van der Waals surface area (Å²) in [5, 5.41) is 14.8.